The van der Waals surface area contributed by atoms with Crippen molar-refractivity contribution in [2.24, 2.45) is 5.92 Å². The Bertz CT molecular complexity index is 951. The van der Waals surface area contributed by atoms with Gasteiger partial charge in [0.15, 0.2) is 5.78 Å². The maximum absolute atomic E-state index is 13.2. The molecule has 27 heavy (non-hydrogen) atoms. The number of H-pyrrole nitrogens is 1. The fraction of sp³-hybridized carbons (Fsp3) is 0.250. The zero-order chi connectivity index (χ0) is 19.6. The largest absolute Gasteiger partial charge is 0.354 e. The molecule has 0 aliphatic rings. The van der Waals surface area contributed by atoms with E-state index in [0.29, 0.717) is 16.8 Å². The van der Waals surface area contributed by atoms with E-state index < -0.39 is 0 Å². The molecule has 0 aliphatic heterocycles. The summed E-state index contributed by atoms with van der Waals surface area (Å²) in [4.78, 5) is 29.7. The van der Waals surface area contributed by atoms with Crippen LogP contribution in [0.2, 0.25) is 0 Å². The zero-order valence-corrected chi connectivity index (χ0v) is 16.2. The van der Waals surface area contributed by atoms with E-state index in [1.807, 2.05) is 62.4 Å². The van der Waals surface area contributed by atoms with Crippen molar-refractivity contribution in [3.05, 3.63) is 83.2 Å². The molecule has 3 aromatic rings. The predicted octanol–water partition coefficient (Wildman–Crippen LogP) is 5.87. The van der Waals surface area contributed by atoms with Crippen LogP contribution in [0.5, 0.6) is 0 Å². The Hall–Kier alpha value is -2.94. The molecule has 1 N–H and O–H groups in total. The Morgan fingerprint density at radius 2 is 1.37 bits per heavy atom. The van der Waals surface area contributed by atoms with Gasteiger partial charge >= 0.3 is 0 Å². The second kappa shape index (κ2) is 7.75. The normalized spacial score (nSPS) is 11.2. The second-order valence-corrected chi connectivity index (χ2v) is 7.40. The minimum Gasteiger partial charge on any atom is -0.354 e. The summed E-state index contributed by atoms with van der Waals surface area (Å²) in [6.45, 7) is 7.88. The van der Waals surface area contributed by atoms with Crippen molar-refractivity contribution in [1.29, 1.82) is 0 Å². The molecule has 0 unspecified atom stereocenters. The van der Waals surface area contributed by atoms with Crippen LogP contribution in [0.15, 0.2) is 60.7 Å². The zero-order valence-electron chi connectivity index (χ0n) is 16.2. The third-order valence-corrected chi connectivity index (χ3v) is 4.70. The van der Waals surface area contributed by atoms with E-state index in [0.717, 1.165) is 16.8 Å². The van der Waals surface area contributed by atoms with Gasteiger partial charge in [-0.1, -0.05) is 88.4 Å². The van der Waals surface area contributed by atoms with Crippen molar-refractivity contribution in [2.75, 3.05) is 0 Å². The number of aromatic amines is 1. The van der Waals surface area contributed by atoms with Gasteiger partial charge in [-0.05, 0) is 11.5 Å². The molecular formula is C24H25NO2. The first-order valence-corrected chi connectivity index (χ1v) is 9.37. The first kappa shape index (κ1) is 18.8. The summed E-state index contributed by atoms with van der Waals surface area (Å²) < 4.78 is 0. The van der Waals surface area contributed by atoms with Crippen LogP contribution in [-0.2, 0) is 0 Å². The molecule has 0 aliphatic carbocycles. The van der Waals surface area contributed by atoms with E-state index in [2.05, 4.69) is 18.8 Å². The van der Waals surface area contributed by atoms with Gasteiger partial charge in [-0.25, -0.2) is 0 Å². The van der Waals surface area contributed by atoms with Crippen LogP contribution in [0.25, 0.3) is 11.1 Å². The molecule has 2 aromatic carbocycles. The van der Waals surface area contributed by atoms with Crippen LogP contribution >= 0.6 is 0 Å². The summed E-state index contributed by atoms with van der Waals surface area (Å²) in [5.74, 6) is -0.221. The number of hydrogen-bond acceptors (Lipinski definition) is 2. The molecular weight excluding hydrogens is 334 g/mol. The molecule has 1 aromatic heterocycles. The van der Waals surface area contributed by atoms with Crippen molar-refractivity contribution in [3.63, 3.8) is 0 Å². The van der Waals surface area contributed by atoms with E-state index >= 15 is 0 Å². The second-order valence-electron chi connectivity index (χ2n) is 7.40. The summed E-state index contributed by atoms with van der Waals surface area (Å²) in [6.07, 6.45) is 0. The maximum atomic E-state index is 13.2. The fourth-order valence-corrected chi connectivity index (χ4v) is 3.30. The van der Waals surface area contributed by atoms with Gasteiger partial charge in [-0.2, -0.15) is 0 Å². The van der Waals surface area contributed by atoms with Crippen molar-refractivity contribution in [3.8, 4) is 11.1 Å². The van der Waals surface area contributed by atoms with Crippen LogP contribution in [0.3, 0.4) is 0 Å². The van der Waals surface area contributed by atoms with Crippen molar-refractivity contribution < 1.29 is 9.59 Å². The van der Waals surface area contributed by atoms with Gasteiger partial charge < -0.3 is 4.98 Å². The summed E-state index contributed by atoms with van der Waals surface area (Å²) in [5.41, 5.74) is 4.20. The molecule has 0 bridgehead atoms. The highest BCUT2D eigenvalue weighted by atomic mass is 16.1. The summed E-state index contributed by atoms with van der Waals surface area (Å²) in [5, 5.41) is 0. The molecule has 3 nitrogen and oxygen atoms in total. The van der Waals surface area contributed by atoms with E-state index in [4.69, 9.17) is 0 Å². The number of hydrogen-bond donors (Lipinski definition) is 1. The van der Waals surface area contributed by atoms with E-state index in [-0.39, 0.29) is 23.4 Å². The number of nitrogens with one attached hydrogen (secondary N) is 1. The van der Waals surface area contributed by atoms with Gasteiger partial charge in [0.2, 0.25) is 5.78 Å². The molecule has 1 heterocycles. The molecule has 0 fully saturated rings. The number of carbonyl (C=O) groups is 2. The molecule has 0 saturated carbocycles. The van der Waals surface area contributed by atoms with Crippen LogP contribution in [0.1, 0.15) is 65.7 Å². The van der Waals surface area contributed by atoms with Crippen LogP contribution in [0, 0.1) is 5.92 Å². The first-order valence-electron chi connectivity index (χ1n) is 9.37. The van der Waals surface area contributed by atoms with Gasteiger partial charge in [0.25, 0.3) is 0 Å². The summed E-state index contributed by atoms with van der Waals surface area (Å²) in [6, 6.07) is 18.9. The molecule has 0 spiro atoms. The van der Waals surface area contributed by atoms with E-state index in [1.165, 1.54) is 0 Å². The van der Waals surface area contributed by atoms with Crippen LogP contribution in [0.4, 0.5) is 0 Å². The van der Waals surface area contributed by atoms with Gasteiger partial charge in [0.05, 0.1) is 11.3 Å². The predicted molar refractivity (Wildman–Crippen MR) is 109 cm³/mol. The third kappa shape index (κ3) is 3.63. The Balaban J connectivity index is 2.31. The third-order valence-electron chi connectivity index (χ3n) is 4.70. The van der Waals surface area contributed by atoms with Crippen LogP contribution < -0.4 is 0 Å². The number of ketones is 2. The molecule has 0 atom stereocenters. The summed E-state index contributed by atoms with van der Waals surface area (Å²) in [7, 11) is 0. The highest BCUT2D eigenvalue weighted by molar-refractivity contribution is 6.18. The SMILES string of the molecule is CC(C)C(=O)c1c(C(=O)c2ccccc2)[nH]c(C(C)C)c1-c1ccccc1. The Morgan fingerprint density at radius 1 is 0.815 bits per heavy atom. The first-order chi connectivity index (χ1) is 12.9. The molecule has 0 amide bonds. The molecule has 3 heteroatoms. The Kier molecular flexibility index (Phi) is 5.41. The maximum Gasteiger partial charge on any atom is 0.209 e. The smallest absolute Gasteiger partial charge is 0.209 e. The number of rotatable bonds is 6. The minimum absolute atomic E-state index is 0.0173. The lowest BCUT2D eigenvalue weighted by Gasteiger charge is -2.11. The fourth-order valence-electron chi connectivity index (χ4n) is 3.30. The monoisotopic (exact) mass is 359 g/mol. The lowest BCUT2D eigenvalue weighted by Crippen LogP contribution is -2.14. The van der Waals surface area contributed by atoms with Gasteiger partial charge in [0, 0.05) is 22.7 Å². The molecule has 138 valence electrons. The van der Waals surface area contributed by atoms with Crippen molar-refractivity contribution >= 4 is 11.6 Å². The number of Topliss-reactive ketones (excluding diaryl/α,β-unsaturated/α-hetero) is 1. The number of carbonyl (C=O) groups excluding carboxylic acids is 2. The molecule has 0 saturated heterocycles. The molecule has 0 radical (unpaired) electrons. The lowest BCUT2D eigenvalue weighted by atomic mass is 9.89. The average Bonchev–Trinajstić information content (AvgIpc) is 3.08. The number of benzene rings is 2. The minimum atomic E-state index is -0.203. The van der Waals surface area contributed by atoms with Crippen molar-refractivity contribution in [1.82, 2.24) is 4.98 Å². The van der Waals surface area contributed by atoms with E-state index in [9.17, 15) is 9.59 Å². The Labute approximate surface area is 160 Å². The molecule has 3 rings (SSSR count). The number of aromatic nitrogens is 1. The van der Waals surface area contributed by atoms with Crippen LogP contribution in [-0.4, -0.2) is 16.6 Å². The highest BCUT2D eigenvalue weighted by Crippen LogP contribution is 2.36. The topological polar surface area (TPSA) is 49.9 Å². The van der Waals surface area contributed by atoms with Gasteiger partial charge in [-0.3, -0.25) is 9.59 Å². The summed E-state index contributed by atoms with van der Waals surface area (Å²) >= 11 is 0. The van der Waals surface area contributed by atoms with Gasteiger partial charge in [-0.15, -0.1) is 0 Å². The standard InChI is InChI=1S/C24H25NO2/c1-15(2)21-19(17-11-7-5-8-12-17)20(23(26)16(3)4)22(25-21)24(27)18-13-9-6-10-14-18/h5-16,25H,1-4H3. The quantitative estimate of drug-likeness (QED) is 0.559. The highest BCUT2D eigenvalue weighted by Gasteiger charge is 2.30. The Morgan fingerprint density at radius 3 is 1.89 bits per heavy atom. The van der Waals surface area contributed by atoms with Gasteiger partial charge in [0.1, 0.15) is 0 Å². The van der Waals surface area contributed by atoms with Crippen molar-refractivity contribution in [2.45, 2.75) is 33.6 Å². The van der Waals surface area contributed by atoms with E-state index in [1.54, 1.807) is 12.1 Å². The lowest BCUT2D eigenvalue weighted by molar-refractivity contribution is 0.0929. The average molecular weight is 359 g/mol.